The lowest BCUT2D eigenvalue weighted by atomic mass is 10.1. The molecular weight excluding hydrogens is 496 g/mol. The molecule has 1 aromatic heterocycles. The van der Waals surface area contributed by atoms with Crippen LogP contribution in [0.2, 0.25) is 0 Å². The van der Waals surface area contributed by atoms with Crippen LogP contribution in [0.4, 0.5) is 5.69 Å². The molecule has 0 aliphatic rings. The lowest BCUT2D eigenvalue weighted by Crippen LogP contribution is -2.41. The van der Waals surface area contributed by atoms with Crippen molar-refractivity contribution in [3.63, 3.8) is 0 Å². The van der Waals surface area contributed by atoms with E-state index in [-0.39, 0.29) is 30.7 Å². The van der Waals surface area contributed by atoms with Crippen LogP contribution in [0.15, 0.2) is 66.9 Å². The van der Waals surface area contributed by atoms with E-state index in [0.717, 1.165) is 5.56 Å². The molecule has 2 amide bonds. The van der Waals surface area contributed by atoms with Gasteiger partial charge in [0.1, 0.15) is 11.9 Å². The highest BCUT2D eigenvalue weighted by molar-refractivity contribution is 5.96. The SMILES string of the molecule is COc1ccc(CCNC(=O)CNC(=O)C(Nc2cccc(C(=N)N)c2)c2ccccn2)cc1OC.Cl. The van der Waals surface area contributed by atoms with Crippen LogP contribution in [0.1, 0.15) is 22.9 Å². The highest BCUT2D eigenvalue weighted by Gasteiger charge is 2.22. The van der Waals surface area contributed by atoms with Gasteiger partial charge in [0.2, 0.25) is 11.8 Å². The molecular formula is C26H31ClN6O4. The summed E-state index contributed by atoms with van der Waals surface area (Å²) in [6.07, 6.45) is 2.18. The standard InChI is InChI=1S/C26H30N6O4.ClH/c1-35-21-10-9-17(14-22(21)36-2)11-13-30-23(33)16-31-26(34)24(20-8-3-4-12-29-20)32-19-7-5-6-18(15-19)25(27)28;/h3-10,12,14-15,24,32H,11,13,16H2,1-2H3,(H3,27,28)(H,30,33)(H,31,34);1H. The zero-order valence-corrected chi connectivity index (χ0v) is 21.4. The molecule has 196 valence electrons. The number of benzene rings is 2. The number of pyridine rings is 1. The number of methoxy groups -OCH3 is 2. The Balaban J connectivity index is 0.00000481. The molecule has 0 saturated carbocycles. The average Bonchev–Trinajstić information content (AvgIpc) is 2.90. The van der Waals surface area contributed by atoms with Gasteiger partial charge in [-0.15, -0.1) is 12.4 Å². The zero-order chi connectivity index (χ0) is 25.9. The quantitative estimate of drug-likeness (QED) is 0.179. The van der Waals surface area contributed by atoms with Gasteiger partial charge < -0.3 is 31.2 Å². The van der Waals surface area contributed by atoms with Crippen LogP contribution in [0.3, 0.4) is 0 Å². The summed E-state index contributed by atoms with van der Waals surface area (Å²) in [5.41, 5.74) is 8.15. The van der Waals surface area contributed by atoms with Gasteiger partial charge in [0.25, 0.3) is 0 Å². The Hall–Kier alpha value is -4.31. The number of amides is 2. The highest BCUT2D eigenvalue weighted by Crippen LogP contribution is 2.27. The number of hydrogen-bond donors (Lipinski definition) is 5. The van der Waals surface area contributed by atoms with Crippen LogP contribution in [0.25, 0.3) is 0 Å². The number of nitrogens with two attached hydrogens (primary N) is 1. The monoisotopic (exact) mass is 526 g/mol. The first-order valence-electron chi connectivity index (χ1n) is 11.3. The van der Waals surface area contributed by atoms with Crippen molar-refractivity contribution in [2.75, 3.05) is 32.6 Å². The number of nitrogens with one attached hydrogen (secondary N) is 4. The molecule has 0 saturated heterocycles. The van der Waals surface area contributed by atoms with E-state index >= 15 is 0 Å². The Labute approximate surface area is 221 Å². The molecule has 1 unspecified atom stereocenters. The van der Waals surface area contributed by atoms with Crippen molar-refractivity contribution in [2.45, 2.75) is 12.5 Å². The summed E-state index contributed by atoms with van der Waals surface area (Å²) in [7, 11) is 3.14. The number of carbonyl (C=O) groups is 2. The third-order valence-electron chi connectivity index (χ3n) is 5.34. The van der Waals surface area contributed by atoms with Gasteiger partial charge in [-0.3, -0.25) is 20.0 Å². The number of hydrogen-bond acceptors (Lipinski definition) is 7. The van der Waals surface area contributed by atoms with E-state index in [0.29, 0.717) is 41.4 Å². The first-order chi connectivity index (χ1) is 17.4. The van der Waals surface area contributed by atoms with E-state index in [4.69, 9.17) is 20.6 Å². The third-order valence-corrected chi connectivity index (χ3v) is 5.34. The number of halogens is 1. The van der Waals surface area contributed by atoms with Gasteiger partial charge in [0.05, 0.1) is 26.5 Å². The molecule has 1 atom stereocenters. The van der Waals surface area contributed by atoms with E-state index in [1.165, 1.54) is 0 Å². The predicted octanol–water partition coefficient (Wildman–Crippen LogP) is 2.43. The maximum absolute atomic E-state index is 13.0. The largest absolute Gasteiger partial charge is 0.493 e. The van der Waals surface area contributed by atoms with Crippen LogP contribution in [-0.4, -0.2) is 49.9 Å². The van der Waals surface area contributed by atoms with Gasteiger partial charge in [0.15, 0.2) is 11.5 Å². The molecule has 3 rings (SSSR count). The Morgan fingerprint density at radius 1 is 1.00 bits per heavy atom. The number of nitrogens with zero attached hydrogens (tertiary/aromatic N) is 1. The van der Waals surface area contributed by atoms with Crippen LogP contribution >= 0.6 is 12.4 Å². The molecule has 37 heavy (non-hydrogen) atoms. The molecule has 0 spiro atoms. The van der Waals surface area contributed by atoms with Gasteiger partial charge in [0, 0.05) is 24.0 Å². The van der Waals surface area contributed by atoms with Crippen molar-refractivity contribution in [2.24, 2.45) is 5.73 Å². The van der Waals surface area contributed by atoms with E-state index in [1.807, 2.05) is 18.2 Å². The number of carbonyl (C=O) groups excluding carboxylic acids is 2. The molecule has 3 aromatic rings. The molecule has 10 nitrogen and oxygen atoms in total. The smallest absolute Gasteiger partial charge is 0.249 e. The molecule has 0 fully saturated rings. The molecule has 2 aromatic carbocycles. The number of rotatable bonds is 12. The van der Waals surface area contributed by atoms with Crippen molar-refractivity contribution < 1.29 is 19.1 Å². The van der Waals surface area contributed by atoms with Gasteiger partial charge >= 0.3 is 0 Å². The summed E-state index contributed by atoms with van der Waals surface area (Å²) in [6, 6.07) is 16.8. The Bertz CT molecular complexity index is 1210. The highest BCUT2D eigenvalue weighted by atomic mass is 35.5. The summed E-state index contributed by atoms with van der Waals surface area (Å²) < 4.78 is 10.5. The number of anilines is 1. The van der Waals surface area contributed by atoms with Crippen molar-refractivity contribution in [1.82, 2.24) is 15.6 Å². The van der Waals surface area contributed by atoms with Gasteiger partial charge in [-0.2, -0.15) is 0 Å². The molecule has 1 heterocycles. The minimum atomic E-state index is -0.854. The second-order valence-electron chi connectivity index (χ2n) is 7.83. The van der Waals surface area contributed by atoms with E-state index in [1.54, 1.807) is 62.9 Å². The molecule has 0 aliphatic heterocycles. The van der Waals surface area contributed by atoms with Crippen molar-refractivity contribution >= 4 is 35.7 Å². The van der Waals surface area contributed by atoms with Crippen LogP contribution in [0.5, 0.6) is 11.5 Å². The summed E-state index contributed by atoms with van der Waals surface area (Å²) in [4.78, 5) is 29.6. The summed E-state index contributed by atoms with van der Waals surface area (Å²) in [5, 5.41) is 16.2. The Morgan fingerprint density at radius 2 is 1.78 bits per heavy atom. The second-order valence-corrected chi connectivity index (χ2v) is 7.83. The van der Waals surface area contributed by atoms with E-state index in [2.05, 4.69) is 20.9 Å². The fourth-order valence-electron chi connectivity index (χ4n) is 3.48. The van der Waals surface area contributed by atoms with Gasteiger partial charge in [-0.1, -0.05) is 24.3 Å². The first-order valence-corrected chi connectivity index (χ1v) is 11.3. The topological polar surface area (TPSA) is 151 Å². The number of aromatic nitrogens is 1. The first kappa shape index (κ1) is 28.9. The predicted molar refractivity (Wildman–Crippen MR) is 145 cm³/mol. The average molecular weight is 527 g/mol. The second kappa shape index (κ2) is 14.3. The molecule has 11 heteroatoms. The molecule has 6 N–H and O–H groups in total. The molecule has 0 bridgehead atoms. The fraction of sp³-hybridized carbons (Fsp3) is 0.231. The Kier molecular flexibility index (Phi) is 11.2. The lowest BCUT2D eigenvalue weighted by Gasteiger charge is -2.19. The maximum Gasteiger partial charge on any atom is 0.249 e. The van der Waals surface area contributed by atoms with Crippen molar-refractivity contribution in [1.29, 1.82) is 5.41 Å². The summed E-state index contributed by atoms with van der Waals surface area (Å²) in [5.74, 6) is 0.439. The molecule has 0 aliphatic carbocycles. The number of amidine groups is 1. The third kappa shape index (κ3) is 8.39. The van der Waals surface area contributed by atoms with Gasteiger partial charge in [-0.05, 0) is 48.4 Å². The van der Waals surface area contributed by atoms with E-state index in [9.17, 15) is 9.59 Å². The van der Waals surface area contributed by atoms with Crippen LogP contribution in [0, 0.1) is 5.41 Å². The lowest BCUT2D eigenvalue weighted by molar-refractivity contribution is -0.126. The number of nitrogen functional groups attached to an aromatic ring is 1. The van der Waals surface area contributed by atoms with Crippen LogP contribution in [-0.2, 0) is 16.0 Å². The van der Waals surface area contributed by atoms with E-state index < -0.39 is 11.9 Å². The minimum Gasteiger partial charge on any atom is -0.493 e. The minimum absolute atomic E-state index is 0. The van der Waals surface area contributed by atoms with Crippen molar-refractivity contribution in [3.8, 4) is 11.5 Å². The van der Waals surface area contributed by atoms with Crippen molar-refractivity contribution in [3.05, 3.63) is 83.7 Å². The zero-order valence-electron chi connectivity index (χ0n) is 20.6. The van der Waals surface area contributed by atoms with Gasteiger partial charge in [-0.25, -0.2) is 0 Å². The van der Waals surface area contributed by atoms with Crippen LogP contribution < -0.4 is 31.2 Å². The summed E-state index contributed by atoms with van der Waals surface area (Å²) >= 11 is 0. The molecule has 0 radical (unpaired) electrons. The number of ether oxygens (including phenoxy) is 2. The maximum atomic E-state index is 13.0. The normalized spacial score (nSPS) is 10.9. The Morgan fingerprint density at radius 3 is 2.46 bits per heavy atom. The summed E-state index contributed by atoms with van der Waals surface area (Å²) in [6.45, 7) is 0.202. The fourth-order valence-corrected chi connectivity index (χ4v) is 3.48.